The summed E-state index contributed by atoms with van der Waals surface area (Å²) in [5.41, 5.74) is 1.87. The molecule has 1 unspecified atom stereocenters. The molecule has 2 rings (SSSR count). The van der Waals surface area contributed by atoms with E-state index in [-0.39, 0.29) is 23.5 Å². The van der Waals surface area contributed by atoms with Crippen LogP contribution in [-0.4, -0.2) is 26.6 Å². The first-order chi connectivity index (χ1) is 11.9. The Bertz CT molecular complexity index is 722. The molecule has 6 heteroatoms. The molecule has 0 saturated carbocycles. The van der Waals surface area contributed by atoms with Crippen LogP contribution >= 0.6 is 15.9 Å². The summed E-state index contributed by atoms with van der Waals surface area (Å²) in [5.74, 6) is -0.203. The molecule has 0 aromatic heterocycles. The lowest BCUT2D eigenvalue weighted by atomic mass is 10.1. The number of carbonyl (C=O) groups is 1. The van der Waals surface area contributed by atoms with Crippen LogP contribution in [0.2, 0.25) is 0 Å². The maximum atomic E-state index is 13.7. The molecule has 0 aliphatic carbocycles. The molecule has 0 aliphatic rings. The summed E-state index contributed by atoms with van der Waals surface area (Å²) >= 11 is 3.40. The quantitative estimate of drug-likeness (QED) is 0.737. The number of methoxy groups -OCH3 is 1. The van der Waals surface area contributed by atoms with Gasteiger partial charge in [-0.15, -0.1) is 0 Å². The fourth-order valence-electron chi connectivity index (χ4n) is 2.63. The van der Waals surface area contributed by atoms with E-state index in [9.17, 15) is 9.18 Å². The summed E-state index contributed by atoms with van der Waals surface area (Å²) < 4.78 is 19.7. The van der Waals surface area contributed by atoms with Crippen LogP contribution in [0.5, 0.6) is 5.75 Å². The van der Waals surface area contributed by atoms with Gasteiger partial charge in [-0.1, -0.05) is 28.1 Å². The van der Waals surface area contributed by atoms with E-state index in [0.29, 0.717) is 13.1 Å². The van der Waals surface area contributed by atoms with Gasteiger partial charge in [0.1, 0.15) is 6.54 Å². The third kappa shape index (κ3) is 5.83. The monoisotopic (exact) mass is 409 g/mol. The molecule has 25 heavy (non-hydrogen) atoms. The molecule has 0 saturated heterocycles. The van der Waals surface area contributed by atoms with Crippen LogP contribution in [0, 0.1) is 5.82 Å². The number of amides is 1. The number of likely N-dealkylation sites (N-methyl/N-ethyl adjacent to an activating group) is 1. The first-order valence-electron chi connectivity index (χ1n) is 8.07. The van der Waals surface area contributed by atoms with Crippen molar-refractivity contribution in [3.8, 4) is 5.75 Å². The van der Waals surface area contributed by atoms with E-state index < -0.39 is 0 Å². The minimum atomic E-state index is -0.388. The van der Waals surface area contributed by atoms with Crippen molar-refractivity contribution in [3.05, 3.63) is 63.9 Å². The number of hydrogen-bond acceptors (Lipinski definition) is 2. The fraction of sp³-hybridized carbons (Fsp3) is 0.316. The molecular weight excluding hydrogens is 387 g/mol. The highest BCUT2D eigenvalue weighted by atomic mass is 79.9. The Morgan fingerprint density at radius 2 is 1.96 bits per heavy atom. The Morgan fingerprint density at radius 3 is 2.56 bits per heavy atom. The summed E-state index contributed by atoms with van der Waals surface area (Å²) in [6.07, 6.45) is 0. The molecule has 0 heterocycles. The SMILES string of the molecule is COc1ccc(C[NH+](C)CC(=O)N[C@H](C)c2ccc(Br)cc2)cc1F. The minimum Gasteiger partial charge on any atom is -0.494 e. The molecule has 0 spiro atoms. The second-order valence-corrected chi connectivity index (χ2v) is 7.04. The molecule has 0 radical (unpaired) electrons. The zero-order valence-electron chi connectivity index (χ0n) is 14.6. The lowest BCUT2D eigenvalue weighted by Gasteiger charge is -2.18. The highest BCUT2D eigenvalue weighted by Crippen LogP contribution is 2.17. The second-order valence-electron chi connectivity index (χ2n) is 6.12. The molecule has 2 N–H and O–H groups in total. The predicted octanol–water partition coefficient (Wildman–Crippen LogP) is 2.49. The highest BCUT2D eigenvalue weighted by molar-refractivity contribution is 9.10. The average molecular weight is 410 g/mol. The summed E-state index contributed by atoms with van der Waals surface area (Å²) in [6.45, 7) is 2.82. The topological polar surface area (TPSA) is 42.8 Å². The summed E-state index contributed by atoms with van der Waals surface area (Å²) in [7, 11) is 3.35. The number of nitrogens with one attached hydrogen (secondary N) is 2. The van der Waals surface area contributed by atoms with E-state index in [1.54, 1.807) is 6.07 Å². The fourth-order valence-corrected chi connectivity index (χ4v) is 2.90. The van der Waals surface area contributed by atoms with Crippen molar-refractivity contribution in [3.63, 3.8) is 0 Å². The minimum absolute atomic E-state index is 0.0399. The van der Waals surface area contributed by atoms with E-state index in [0.717, 1.165) is 20.5 Å². The number of carbonyl (C=O) groups excluding carboxylic acids is 1. The number of rotatable bonds is 7. The first kappa shape index (κ1) is 19.4. The van der Waals surface area contributed by atoms with E-state index in [2.05, 4.69) is 21.2 Å². The van der Waals surface area contributed by atoms with E-state index in [1.165, 1.54) is 13.2 Å². The van der Waals surface area contributed by atoms with Gasteiger partial charge in [0, 0.05) is 10.0 Å². The zero-order chi connectivity index (χ0) is 18.4. The lowest BCUT2D eigenvalue weighted by molar-refractivity contribution is -0.885. The number of quaternary nitrogens is 1. The summed E-state index contributed by atoms with van der Waals surface area (Å²) in [5, 5.41) is 2.99. The largest absolute Gasteiger partial charge is 0.494 e. The van der Waals surface area contributed by atoms with Gasteiger partial charge in [0.05, 0.1) is 20.2 Å². The van der Waals surface area contributed by atoms with Crippen LogP contribution in [0.25, 0.3) is 0 Å². The van der Waals surface area contributed by atoms with Crippen LogP contribution < -0.4 is 15.0 Å². The molecule has 0 fully saturated rings. The Balaban J connectivity index is 1.87. The van der Waals surface area contributed by atoms with Crippen molar-refractivity contribution in [1.82, 2.24) is 5.32 Å². The molecule has 2 atom stereocenters. The summed E-state index contributed by atoms with van der Waals surface area (Å²) in [6, 6.07) is 12.7. The van der Waals surface area contributed by atoms with Gasteiger partial charge in [0.2, 0.25) is 0 Å². The molecule has 2 aromatic rings. The van der Waals surface area contributed by atoms with Crippen molar-refractivity contribution in [1.29, 1.82) is 0 Å². The van der Waals surface area contributed by atoms with Gasteiger partial charge in [0.15, 0.2) is 18.1 Å². The van der Waals surface area contributed by atoms with Crippen molar-refractivity contribution >= 4 is 21.8 Å². The van der Waals surface area contributed by atoms with Crippen molar-refractivity contribution in [2.24, 2.45) is 0 Å². The van der Waals surface area contributed by atoms with Crippen molar-refractivity contribution < 1.29 is 18.8 Å². The van der Waals surface area contributed by atoms with Crippen LogP contribution in [0.1, 0.15) is 24.1 Å². The van der Waals surface area contributed by atoms with Crippen LogP contribution in [0.3, 0.4) is 0 Å². The zero-order valence-corrected chi connectivity index (χ0v) is 16.2. The molecular formula is C19H23BrFN2O2+. The van der Waals surface area contributed by atoms with Gasteiger partial charge in [-0.2, -0.15) is 0 Å². The average Bonchev–Trinajstić information content (AvgIpc) is 2.55. The van der Waals surface area contributed by atoms with E-state index in [1.807, 2.05) is 44.3 Å². The van der Waals surface area contributed by atoms with E-state index >= 15 is 0 Å². The standard InChI is InChI=1S/C19H22BrFN2O2/c1-13(15-5-7-16(20)8-6-15)22-19(24)12-23(2)11-14-4-9-18(25-3)17(21)10-14/h4-10,13H,11-12H2,1-3H3,(H,22,24)/p+1/t13-/m1/s1. The normalized spacial score (nSPS) is 13.2. The number of halogens is 2. The van der Waals surface area contributed by atoms with Crippen LogP contribution in [-0.2, 0) is 11.3 Å². The van der Waals surface area contributed by atoms with Gasteiger partial charge in [-0.25, -0.2) is 4.39 Å². The third-order valence-electron chi connectivity index (χ3n) is 3.93. The summed E-state index contributed by atoms with van der Waals surface area (Å²) in [4.78, 5) is 13.2. The molecule has 134 valence electrons. The van der Waals surface area contributed by atoms with E-state index in [4.69, 9.17) is 4.74 Å². The highest BCUT2D eigenvalue weighted by Gasteiger charge is 2.15. The molecule has 0 bridgehead atoms. The molecule has 4 nitrogen and oxygen atoms in total. The Morgan fingerprint density at radius 1 is 1.28 bits per heavy atom. The van der Waals surface area contributed by atoms with Gasteiger partial charge >= 0.3 is 0 Å². The van der Waals surface area contributed by atoms with Crippen LogP contribution in [0.15, 0.2) is 46.9 Å². The number of ether oxygens (including phenoxy) is 1. The van der Waals surface area contributed by atoms with Gasteiger partial charge in [-0.05, 0) is 42.8 Å². The van der Waals surface area contributed by atoms with Crippen molar-refractivity contribution in [2.75, 3.05) is 20.7 Å². The Labute approximate surface area is 156 Å². The number of hydrogen-bond donors (Lipinski definition) is 2. The Hall–Kier alpha value is -1.92. The third-order valence-corrected chi connectivity index (χ3v) is 4.46. The maximum absolute atomic E-state index is 13.7. The van der Waals surface area contributed by atoms with Gasteiger partial charge < -0.3 is 15.0 Å². The molecule has 1 amide bonds. The first-order valence-corrected chi connectivity index (χ1v) is 8.87. The smallest absolute Gasteiger partial charge is 0.275 e. The number of benzene rings is 2. The van der Waals surface area contributed by atoms with Crippen LogP contribution in [0.4, 0.5) is 4.39 Å². The Kier molecular flexibility index (Phi) is 6.96. The predicted molar refractivity (Wildman–Crippen MR) is 99.1 cm³/mol. The van der Waals surface area contributed by atoms with Gasteiger partial charge in [0.25, 0.3) is 5.91 Å². The molecule has 2 aromatic carbocycles. The second kappa shape index (κ2) is 8.97. The van der Waals surface area contributed by atoms with Crippen molar-refractivity contribution in [2.45, 2.75) is 19.5 Å². The lowest BCUT2D eigenvalue weighted by Crippen LogP contribution is -3.08. The molecule has 0 aliphatic heterocycles. The maximum Gasteiger partial charge on any atom is 0.275 e. The van der Waals surface area contributed by atoms with Gasteiger partial charge in [-0.3, -0.25) is 4.79 Å².